The highest BCUT2D eigenvalue weighted by atomic mass is 16.2. The van der Waals surface area contributed by atoms with Crippen molar-refractivity contribution >= 4 is 11.8 Å². The summed E-state index contributed by atoms with van der Waals surface area (Å²) in [6, 6.07) is 0. The number of primary amides is 1. The van der Waals surface area contributed by atoms with Crippen LogP contribution in [0.3, 0.4) is 0 Å². The van der Waals surface area contributed by atoms with E-state index in [1.165, 1.54) is 25.7 Å². The first-order valence-corrected chi connectivity index (χ1v) is 8.81. The number of carbonyl (C=O) groups is 2. The molecule has 1 aliphatic carbocycles. The van der Waals surface area contributed by atoms with Gasteiger partial charge < -0.3 is 11.1 Å². The SMILES string of the molecule is CCNC(=O)C(CC(C)(C)C)[C@H](CCC1CCCC1)C(N)=O. The van der Waals surface area contributed by atoms with E-state index in [4.69, 9.17) is 5.73 Å². The smallest absolute Gasteiger partial charge is 0.223 e. The number of nitrogens with one attached hydrogen (secondary N) is 1. The second-order valence-corrected chi connectivity index (χ2v) is 8.00. The van der Waals surface area contributed by atoms with Gasteiger partial charge in [0.05, 0.1) is 0 Å². The zero-order chi connectivity index (χ0) is 16.8. The van der Waals surface area contributed by atoms with Gasteiger partial charge in [-0.1, -0.05) is 46.5 Å². The lowest BCUT2D eigenvalue weighted by molar-refractivity contribution is -0.134. The first-order chi connectivity index (χ1) is 10.2. The minimum atomic E-state index is -0.341. The summed E-state index contributed by atoms with van der Waals surface area (Å²) in [5, 5.41) is 2.88. The summed E-state index contributed by atoms with van der Waals surface area (Å²) in [6.07, 6.45) is 7.58. The van der Waals surface area contributed by atoms with Crippen molar-refractivity contribution in [2.45, 2.75) is 72.6 Å². The van der Waals surface area contributed by atoms with Crippen molar-refractivity contribution in [2.24, 2.45) is 28.9 Å². The summed E-state index contributed by atoms with van der Waals surface area (Å²) in [4.78, 5) is 24.4. The molecule has 2 amide bonds. The van der Waals surface area contributed by atoms with Crippen LogP contribution in [0.15, 0.2) is 0 Å². The molecule has 1 aliphatic rings. The lowest BCUT2D eigenvalue weighted by Crippen LogP contribution is -2.42. The zero-order valence-electron chi connectivity index (χ0n) is 14.8. The highest BCUT2D eigenvalue weighted by Gasteiger charge is 2.35. The molecule has 0 aromatic carbocycles. The summed E-state index contributed by atoms with van der Waals surface area (Å²) >= 11 is 0. The Kier molecular flexibility index (Phi) is 7.37. The minimum absolute atomic E-state index is 0.00317. The van der Waals surface area contributed by atoms with Crippen LogP contribution in [0.25, 0.3) is 0 Å². The molecule has 1 rings (SSSR count). The van der Waals surface area contributed by atoms with Crippen LogP contribution in [0.4, 0.5) is 0 Å². The molecule has 22 heavy (non-hydrogen) atoms. The Morgan fingerprint density at radius 1 is 1.18 bits per heavy atom. The standard InChI is InChI=1S/C18H34N2O2/c1-5-20-17(22)15(12-18(2,3)4)14(16(19)21)11-10-13-8-6-7-9-13/h13-15H,5-12H2,1-4H3,(H2,19,21)(H,20,22)/t14-,15?/m0/s1. The van der Waals surface area contributed by atoms with Gasteiger partial charge >= 0.3 is 0 Å². The van der Waals surface area contributed by atoms with Crippen molar-refractivity contribution in [2.75, 3.05) is 6.54 Å². The van der Waals surface area contributed by atoms with Gasteiger partial charge in [-0.25, -0.2) is 0 Å². The molecule has 0 radical (unpaired) electrons. The molecule has 0 saturated heterocycles. The van der Waals surface area contributed by atoms with E-state index in [1.807, 2.05) is 6.92 Å². The molecule has 0 spiro atoms. The Hall–Kier alpha value is -1.06. The third-order valence-corrected chi connectivity index (χ3v) is 4.73. The summed E-state index contributed by atoms with van der Waals surface area (Å²) < 4.78 is 0. The molecule has 0 heterocycles. The number of nitrogens with two attached hydrogens (primary N) is 1. The number of hydrogen-bond donors (Lipinski definition) is 2. The van der Waals surface area contributed by atoms with E-state index in [-0.39, 0.29) is 29.1 Å². The zero-order valence-corrected chi connectivity index (χ0v) is 14.8. The van der Waals surface area contributed by atoms with Gasteiger partial charge in [0.15, 0.2) is 0 Å². The van der Waals surface area contributed by atoms with E-state index in [2.05, 4.69) is 26.1 Å². The van der Waals surface area contributed by atoms with Crippen molar-refractivity contribution in [3.05, 3.63) is 0 Å². The van der Waals surface area contributed by atoms with E-state index in [0.717, 1.165) is 12.8 Å². The molecule has 0 aromatic rings. The Bertz CT molecular complexity index is 368. The van der Waals surface area contributed by atoms with E-state index >= 15 is 0 Å². The Morgan fingerprint density at radius 2 is 1.77 bits per heavy atom. The van der Waals surface area contributed by atoms with Crippen LogP contribution in [0, 0.1) is 23.2 Å². The van der Waals surface area contributed by atoms with Crippen molar-refractivity contribution < 1.29 is 9.59 Å². The van der Waals surface area contributed by atoms with E-state index in [9.17, 15) is 9.59 Å². The number of hydrogen-bond acceptors (Lipinski definition) is 2. The van der Waals surface area contributed by atoms with Crippen LogP contribution in [0.2, 0.25) is 0 Å². The predicted octanol–water partition coefficient (Wildman–Crippen LogP) is 3.25. The van der Waals surface area contributed by atoms with Crippen molar-refractivity contribution in [3.8, 4) is 0 Å². The van der Waals surface area contributed by atoms with Crippen molar-refractivity contribution in [1.29, 1.82) is 0 Å². The van der Waals surface area contributed by atoms with Gasteiger partial charge in [0.1, 0.15) is 0 Å². The maximum absolute atomic E-state index is 12.4. The number of rotatable bonds is 8. The van der Waals surface area contributed by atoms with Crippen LogP contribution in [-0.2, 0) is 9.59 Å². The average Bonchev–Trinajstić information content (AvgIpc) is 2.89. The van der Waals surface area contributed by atoms with Crippen molar-refractivity contribution in [1.82, 2.24) is 5.32 Å². The molecule has 4 nitrogen and oxygen atoms in total. The van der Waals surface area contributed by atoms with Crippen LogP contribution in [0.1, 0.15) is 72.6 Å². The largest absolute Gasteiger partial charge is 0.369 e. The summed E-state index contributed by atoms with van der Waals surface area (Å²) in [5.74, 6) is -0.275. The highest BCUT2D eigenvalue weighted by Crippen LogP contribution is 2.35. The normalized spacial score (nSPS) is 18.9. The first kappa shape index (κ1) is 19.0. The fourth-order valence-corrected chi connectivity index (χ4v) is 3.64. The topological polar surface area (TPSA) is 72.2 Å². The maximum atomic E-state index is 12.4. The predicted molar refractivity (Wildman–Crippen MR) is 90.1 cm³/mol. The molecule has 0 bridgehead atoms. The molecule has 1 fully saturated rings. The van der Waals surface area contributed by atoms with Gasteiger partial charge in [0.25, 0.3) is 0 Å². The highest BCUT2D eigenvalue weighted by molar-refractivity contribution is 5.86. The first-order valence-electron chi connectivity index (χ1n) is 8.81. The Labute approximate surface area is 135 Å². The third-order valence-electron chi connectivity index (χ3n) is 4.73. The monoisotopic (exact) mass is 310 g/mol. The number of amides is 2. The summed E-state index contributed by atoms with van der Waals surface area (Å²) in [5.41, 5.74) is 5.65. The molecule has 3 N–H and O–H groups in total. The molecule has 4 heteroatoms. The van der Waals surface area contributed by atoms with Gasteiger partial charge in [-0.2, -0.15) is 0 Å². The molecule has 1 saturated carbocycles. The van der Waals surface area contributed by atoms with Gasteiger partial charge in [-0.05, 0) is 37.5 Å². The lowest BCUT2D eigenvalue weighted by atomic mass is 9.75. The Balaban J connectivity index is 2.78. The molecule has 0 aliphatic heterocycles. The summed E-state index contributed by atoms with van der Waals surface area (Å²) in [6.45, 7) is 8.81. The fourth-order valence-electron chi connectivity index (χ4n) is 3.64. The van der Waals surface area contributed by atoms with Crippen LogP contribution >= 0.6 is 0 Å². The fraction of sp³-hybridized carbons (Fsp3) is 0.889. The van der Waals surface area contributed by atoms with Crippen molar-refractivity contribution in [3.63, 3.8) is 0 Å². The second kappa shape index (κ2) is 8.54. The van der Waals surface area contributed by atoms with E-state index in [1.54, 1.807) is 0 Å². The minimum Gasteiger partial charge on any atom is -0.369 e. The molecule has 128 valence electrons. The van der Waals surface area contributed by atoms with Gasteiger partial charge in [-0.3, -0.25) is 9.59 Å². The molecular weight excluding hydrogens is 276 g/mol. The quantitative estimate of drug-likeness (QED) is 0.722. The van der Waals surface area contributed by atoms with E-state index < -0.39 is 0 Å². The van der Waals surface area contributed by atoms with E-state index in [0.29, 0.717) is 18.9 Å². The van der Waals surface area contributed by atoms with Gasteiger partial charge in [0, 0.05) is 18.4 Å². The average molecular weight is 310 g/mol. The molecule has 1 unspecified atom stereocenters. The molecular formula is C18H34N2O2. The van der Waals surface area contributed by atoms with Crippen LogP contribution in [0.5, 0.6) is 0 Å². The molecule has 2 atom stereocenters. The lowest BCUT2D eigenvalue weighted by Gasteiger charge is -2.30. The van der Waals surface area contributed by atoms with Gasteiger partial charge in [0.2, 0.25) is 11.8 Å². The van der Waals surface area contributed by atoms with Crippen LogP contribution < -0.4 is 11.1 Å². The maximum Gasteiger partial charge on any atom is 0.223 e. The summed E-state index contributed by atoms with van der Waals surface area (Å²) in [7, 11) is 0. The third kappa shape index (κ3) is 6.37. The molecule has 0 aromatic heterocycles. The van der Waals surface area contributed by atoms with Gasteiger partial charge in [-0.15, -0.1) is 0 Å². The number of carbonyl (C=O) groups excluding carboxylic acids is 2. The Morgan fingerprint density at radius 3 is 2.23 bits per heavy atom. The second-order valence-electron chi connectivity index (χ2n) is 8.00. The van der Waals surface area contributed by atoms with Crippen LogP contribution in [-0.4, -0.2) is 18.4 Å².